The standard InChI is InChI=1S/C4H6F2O/c1-3(2-7)4(5)6/h2-4H,1H3. The van der Waals surface area contributed by atoms with Crippen LogP contribution >= 0.6 is 0 Å². The largest absolute Gasteiger partial charge is 0.303 e. The Morgan fingerprint density at radius 2 is 2.00 bits per heavy atom. The molecule has 0 saturated heterocycles. The van der Waals surface area contributed by atoms with Crippen LogP contribution in [-0.4, -0.2) is 12.7 Å². The van der Waals surface area contributed by atoms with Crippen molar-refractivity contribution in [1.29, 1.82) is 0 Å². The van der Waals surface area contributed by atoms with E-state index in [0.29, 0.717) is 0 Å². The molecule has 0 radical (unpaired) electrons. The lowest BCUT2D eigenvalue weighted by molar-refractivity contribution is -0.114. The van der Waals surface area contributed by atoms with Gasteiger partial charge in [0.25, 0.3) is 0 Å². The van der Waals surface area contributed by atoms with Gasteiger partial charge in [0.2, 0.25) is 6.43 Å². The van der Waals surface area contributed by atoms with Crippen molar-refractivity contribution in [3.8, 4) is 0 Å². The van der Waals surface area contributed by atoms with Crippen LogP contribution in [0.2, 0.25) is 0 Å². The number of halogens is 2. The summed E-state index contributed by atoms with van der Waals surface area (Å²) in [6.45, 7) is 1.18. The van der Waals surface area contributed by atoms with Gasteiger partial charge in [-0.15, -0.1) is 0 Å². The highest BCUT2D eigenvalue weighted by molar-refractivity contribution is 5.53. The Bertz CT molecular complexity index is 62.7. The molecule has 0 aromatic carbocycles. The summed E-state index contributed by atoms with van der Waals surface area (Å²) in [7, 11) is 0. The van der Waals surface area contributed by atoms with Crippen molar-refractivity contribution < 1.29 is 13.6 Å². The number of hydrogen-bond acceptors (Lipinski definition) is 1. The molecule has 42 valence electrons. The van der Waals surface area contributed by atoms with Gasteiger partial charge in [-0.3, -0.25) is 0 Å². The monoisotopic (exact) mass is 108 g/mol. The van der Waals surface area contributed by atoms with E-state index in [2.05, 4.69) is 0 Å². The average molecular weight is 108 g/mol. The van der Waals surface area contributed by atoms with Crippen LogP contribution in [0.3, 0.4) is 0 Å². The van der Waals surface area contributed by atoms with E-state index >= 15 is 0 Å². The second-order valence-electron chi connectivity index (χ2n) is 1.33. The second kappa shape index (κ2) is 2.66. The quantitative estimate of drug-likeness (QED) is 0.484. The minimum atomic E-state index is -2.50. The zero-order valence-corrected chi connectivity index (χ0v) is 3.90. The molecule has 0 bridgehead atoms. The van der Waals surface area contributed by atoms with E-state index in [1.54, 1.807) is 0 Å². The average Bonchev–Trinajstić information content (AvgIpc) is 1.65. The molecule has 1 atom stereocenters. The van der Waals surface area contributed by atoms with E-state index in [4.69, 9.17) is 0 Å². The zero-order valence-electron chi connectivity index (χ0n) is 3.90. The van der Waals surface area contributed by atoms with E-state index in [0.717, 1.165) is 0 Å². The Kier molecular flexibility index (Phi) is 2.48. The van der Waals surface area contributed by atoms with E-state index in [-0.39, 0.29) is 6.29 Å². The second-order valence-corrected chi connectivity index (χ2v) is 1.33. The van der Waals surface area contributed by atoms with Gasteiger partial charge < -0.3 is 4.79 Å². The normalized spacial score (nSPS) is 14.3. The number of carbonyl (C=O) groups excluding carboxylic acids is 1. The first-order valence-electron chi connectivity index (χ1n) is 1.92. The van der Waals surface area contributed by atoms with Crippen LogP contribution in [0.4, 0.5) is 8.78 Å². The van der Waals surface area contributed by atoms with Gasteiger partial charge in [0.15, 0.2) is 0 Å². The zero-order chi connectivity index (χ0) is 5.86. The fourth-order valence-corrected chi connectivity index (χ4v) is 0.0594. The summed E-state index contributed by atoms with van der Waals surface area (Å²) >= 11 is 0. The summed E-state index contributed by atoms with van der Waals surface area (Å²) in [5.74, 6) is -1.11. The Morgan fingerprint density at radius 1 is 1.57 bits per heavy atom. The highest BCUT2D eigenvalue weighted by atomic mass is 19.3. The van der Waals surface area contributed by atoms with Crippen molar-refractivity contribution in [1.82, 2.24) is 0 Å². The Balaban J connectivity index is 3.33. The van der Waals surface area contributed by atoms with Crippen LogP contribution in [0.5, 0.6) is 0 Å². The van der Waals surface area contributed by atoms with Gasteiger partial charge in [-0.05, 0) is 0 Å². The summed E-state index contributed by atoms with van der Waals surface area (Å²) in [4.78, 5) is 9.47. The van der Waals surface area contributed by atoms with Crippen LogP contribution in [0, 0.1) is 5.92 Å². The van der Waals surface area contributed by atoms with E-state index in [1.807, 2.05) is 0 Å². The SMILES string of the molecule is CC(C=O)C(F)F. The van der Waals surface area contributed by atoms with Gasteiger partial charge in [0.1, 0.15) is 6.29 Å². The third-order valence-electron chi connectivity index (χ3n) is 0.612. The molecule has 0 aromatic rings. The van der Waals surface area contributed by atoms with E-state index < -0.39 is 12.3 Å². The molecule has 0 saturated carbocycles. The maximum atomic E-state index is 11.2. The van der Waals surface area contributed by atoms with Gasteiger partial charge >= 0.3 is 0 Å². The van der Waals surface area contributed by atoms with Crippen LogP contribution in [0.25, 0.3) is 0 Å². The lowest BCUT2D eigenvalue weighted by atomic mass is 10.2. The Hall–Kier alpha value is -0.470. The highest BCUT2D eigenvalue weighted by Crippen LogP contribution is 2.03. The molecule has 0 amide bonds. The molecule has 1 unspecified atom stereocenters. The molecule has 1 nitrogen and oxygen atoms in total. The highest BCUT2D eigenvalue weighted by Gasteiger charge is 2.11. The van der Waals surface area contributed by atoms with Gasteiger partial charge in [-0.1, -0.05) is 6.92 Å². The molecule has 0 spiro atoms. The molecule has 0 aliphatic carbocycles. The molecule has 3 heteroatoms. The molecule has 0 aromatic heterocycles. The summed E-state index contributed by atoms with van der Waals surface area (Å²) in [5, 5.41) is 0. The molecule has 0 fully saturated rings. The minimum Gasteiger partial charge on any atom is -0.303 e. The molecule has 7 heavy (non-hydrogen) atoms. The van der Waals surface area contributed by atoms with E-state index in [9.17, 15) is 13.6 Å². The Morgan fingerprint density at radius 3 is 2.00 bits per heavy atom. The number of carbonyl (C=O) groups is 1. The maximum Gasteiger partial charge on any atom is 0.247 e. The molecule has 0 aliphatic rings. The molecule has 0 N–H and O–H groups in total. The third-order valence-corrected chi connectivity index (χ3v) is 0.612. The molecule has 0 rings (SSSR count). The number of hydrogen-bond donors (Lipinski definition) is 0. The fraction of sp³-hybridized carbons (Fsp3) is 0.750. The van der Waals surface area contributed by atoms with Crippen molar-refractivity contribution >= 4 is 6.29 Å². The van der Waals surface area contributed by atoms with Crippen LogP contribution in [-0.2, 0) is 4.79 Å². The van der Waals surface area contributed by atoms with Crippen molar-refractivity contribution in [3.05, 3.63) is 0 Å². The van der Waals surface area contributed by atoms with Crippen molar-refractivity contribution in [2.45, 2.75) is 13.3 Å². The first kappa shape index (κ1) is 6.53. The predicted molar refractivity (Wildman–Crippen MR) is 21.2 cm³/mol. The van der Waals surface area contributed by atoms with Gasteiger partial charge in [-0.2, -0.15) is 0 Å². The summed E-state index contributed by atoms with van der Waals surface area (Å²) in [6, 6.07) is 0. The molecule has 0 heterocycles. The van der Waals surface area contributed by atoms with Gasteiger partial charge in [0.05, 0.1) is 5.92 Å². The first-order valence-corrected chi connectivity index (χ1v) is 1.92. The summed E-state index contributed by atoms with van der Waals surface area (Å²) in [5.41, 5.74) is 0. The molecular formula is C4H6F2O. The third kappa shape index (κ3) is 2.25. The summed E-state index contributed by atoms with van der Waals surface area (Å²) in [6.07, 6.45) is -2.26. The first-order chi connectivity index (χ1) is 3.18. The number of rotatable bonds is 2. The van der Waals surface area contributed by atoms with Crippen LogP contribution in [0.15, 0.2) is 0 Å². The topological polar surface area (TPSA) is 17.1 Å². The number of alkyl halides is 2. The van der Waals surface area contributed by atoms with Crippen LogP contribution < -0.4 is 0 Å². The smallest absolute Gasteiger partial charge is 0.247 e. The minimum absolute atomic E-state index is 0.241. The van der Waals surface area contributed by atoms with Crippen molar-refractivity contribution in [2.75, 3.05) is 0 Å². The van der Waals surface area contributed by atoms with Gasteiger partial charge in [-0.25, -0.2) is 8.78 Å². The summed E-state index contributed by atoms with van der Waals surface area (Å²) < 4.78 is 22.4. The van der Waals surface area contributed by atoms with Crippen LogP contribution in [0.1, 0.15) is 6.92 Å². The van der Waals surface area contributed by atoms with Crippen molar-refractivity contribution in [3.63, 3.8) is 0 Å². The molecular weight excluding hydrogens is 102 g/mol. The van der Waals surface area contributed by atoms with E-state index in [1.165, 1.54) is 6.92 Å². The fourth-order valence-electron chi connectivity index (χ4n) is 0.0594. The Labute approximate surface area is 40.3 Å². The van der Waals surface area contributed by atoms with Gasteiger partial charge in [0, 0.05) is 0 Å². The van der Waals surface area contributed by atoms with Crippen molar-refractivity contribution in [2.24, 2.45) is 5.92 Å². The lowest BCUT2D eigenvalue weighted by Gasteiger charge is -1.96. The maximum absolute atomic E-state index is 11.2. The lowest BCUT2D eigenvalue weighted by Crippen LogP contribution is -2.06. The predicted octanol–water partition coefficient (Wildman–Crippen LogP) is 1.09. The molecule has 0 aliphatic heterocycles. The number of aldehydes is 1.